The average molecular weight is 661 g/mol. The zero-order valence-corrected chi connectivity index (χ0v) is 25.2. The fraction of sp³-hybridized carbons (Fsp3) is 0.129. The van der Waals surface area contributed by atoms with Gasteiger partial charge in [-0.15, -0.1) is 0 Å². The lowest BCUT2D eigenvalue weighted by Gasteiger charge is -2.22. The van der Waals surface area contributed by atoms with Crippen LogP contribution in [0, 0.1) is 10.1 Å². The fourth-order valence-corrected chi connectivity index (χ4v) is 6.08. The van der Waals surface area contributed by atoms with E-state index in [4.69, 9.17) is 13.6 Å². The topological polar surface area (TPSA) is 130 Å². The van der Waals surface area contributed by atoms with Crippen LogP contribution in [0.15, 0.2) is 107 Å². The Morgan fingerprint density at radius 3 is 2.37 bits per heavy atom. The monoisotopic (exact) mass is 659 g/mol. The first-order valence-electron chi connectivity index (χ1n) is 13.1. The van der Waals surface area contributed by atoms with Crippen molar-refractivity contribution in [1.82, 2.24) is 4.57 Å². The summed E-state index contributed by atoms with van der Waals surface area (Å²) in [5.74, 6) is 1.29. The molecule has 0 fully saturated rings. The van der Waals surface area contributed by atoms with Gasteiger partial charge >= 0.3 is 5.97 Å². The van der Waals surface area contributed by atoms with Gasteiger partial charge in [-0.05, 0) is 62.4 Å². The molecule has 4 heterocycles. The number of fused-ring (bicyclic) bond motifs is 1. The number of non-ortho nitro benzene ring substituents is 1. The van der Waals surface area contributed by atoms with Crippen LogP contribution in [0.1, 0.15) is 31.4 Å². The van der Waals surface area contributed by atoms with Gasteiger partial charge < -0.3 is 13.6 Å². The predicted molar refractivity (Wildman–Crippen MR) is 163 cm³/mol. The van der Waals surface area contributed by atoms with Gasteiger partial charge in [-0.2, -0.15) is 0 Å². The van der Waals surface area contributed by atoms with Crippen LogP contribution in [0.2, 0.25) is 0 Å². The number of thiazole rings is 1. The summed E-state index contributed by atoms with van der Waals surface area (Å²) in [5, 5.41) is 11.0. The van der Waals surface area contributed by atoms with E-state index in [9.17, 15) is 19.7 Å². The Hall–Kier alpha value is -4.81. The Bertz CT molecular complexity index is 2080. The van der Waals surface area contributed by atoms with Crippen LogP contribution in [0.3, 0.4) is 0 Å². The van der Waals surface area contributed by atoms with E-state index in [0.29, 0.717) is 43.6 Å². The molecular weight excluding hydrogens is 638 g/mol. The summed E-state index contributed by atoms with van der Waals surface area (Å²) >= 11 is 4.60. The number of ether oxygens (including phenoxy) is 1. The first-order valence-corrected chi connectivity index (χ1v) is 14.7. The van der Waals surface area contributed by atoms with Crippen LogP contribution in [0.5, 0.6) is 0 Å². The maximum absolute atomic E-state index is 13.9. The summed E-state index contributed by atoms with van der Waals surface area (Å²) in [6, 6.07) is 19.7. The number of aromatic nitrogens is 1. The van der Waals surface area contributed by atoms with Crippen LogP contribution in [-0.4, -0.2) is 22.1 Å². The number of allylic oxidation sites excluding steroid dienone is 1. The van der Waals surface area contributed by atoms with Crippen molar-refractivity contribution in [3.05, 3.63) is 130 Å². The van der Waals surface area contributed by atoms with Crippen LogP contribution < -0.4 is 14.9 Å². The van der Waals surface area contributed by atoms with Crippen LogP contribution in [0.4, 0.5) is 5.69 Å². The van der Waals surface area contributed by atoms with Crippen LogP contribution in [-0.2, 0) is 9.53 Å². The Balaban J connectivity index is 1.43. The van der Waals surface area contributed by atoms with E-state index in [0.717, 1.165) is 21.4 Å². The zero-order chi connectivity index (χ0) is 30.2. The van der Waals surface area contributed by atoms with E-state index in [1.54, 1.807) is 56.3 Å². The van der Waals surface area contributed by atoms with Crippen LogP contribution >= 0.6 is 27.3 Å². The van der Waals surface area contributed by atoms with Crippen molar-refractivity contribution in [2.75, 3.05) is 6.61 Å². The molecule has 0 N–H and O–H groups in total. The first kappa shape index (κ1) is 28.3. The number of nitrogens with zero attached hydrogens (tertiary/aromatic N) is 3. The molecule has 0 bridgehead atoms. The number of benzene rings is 2. The molecule has 1 aliphatic rings. The van der Waals surface area contributed by atoms with E-state index in [1.165, 1.54) is 16.7 Å². The second kappa shape index (κ2) is 11.5. The lowest BCUT2D eigenvalue weighted by molar-refractivity contribution is -0.384. The van der Waals surface area contributed by atoms with Gasteiger partial charge in [0.05, 0.1) is 27.3 Å². The minimum atomic E-state index is -0.895. The predicted octanol–water partition coefficient (Wildman–Crippen LogP) is 5.99. The number of hydrogen-bond donors (Lipinski definition) is 0. The molecule has 1 aliphatic heterocycles. The number of furan rings is 2. The number of hydrogen-bond acceptors (Lipinski definition) is 9. The van der Waals surface area contributed by atoms with Crippen molar-refractivity contribution in [2.24, 2.45) is 4.99 Å². The minimum absolute atomic E-state index is 0.0239. The van der Waals surface area contributed by atoms with Gasteiger partial charge in [-0.25, -0.2) is 9.79 Å². The van der Waals surface area contributed by atoms with Gasteiger partial charge in [0.2, 0.25) is 0 Å². The molecule has 0 radical (unpaired) electrons. The van der Waals surface area contributed by atoms with Gasteiger partial charge in [0.15, 0.2) is 4.80 Å². The summed E-state index contributed by atoms with van der Waals surface area (Å²) < 4.78 is 20.3. The molecule has 2 aromatic carbocycles. The van der Waals surface area contributed by atoms with Gasteiger partial charge in [-0.1, -0.05) is 39.4 Å². The summed E-state index contributed by atoms with van der Waals surface area (Å²) in [4.78, 5) is 42.5. The van der Waals surface area contributed by atoms with E-state index in [-0.39, 0.29) is 23.4 Å². The summed E-state index contributed by atoms with van der Waals surface area (Å²) in [6.07, 6.45) is 1.61. The van der Waals surface area contributed by atoms with E-state index >= 15 is 0 Å². The number of esters is 1. The molecule has 0 saturated carbocycles. The largest absolute Gasteiger partial charge is 0.463 e. The molecule has 0 unspecified atom stereocenters. The number of carbonyl (C=O) groups excluding carboxylic acids is 1. The Morgan fingerprint density at radius 2 is 1.70 bits per heavy atom. The summed E-state index contributed by atoms with van der Waals surface area (Å²) in [7, 11) is 0. The molecule has 6 rings (SSSR count). The maximum Gasteiger partial charge on any atom is 0.338 e. The third-order valence-electron chi connectivity index (χ3n) is 6.80. The first-order chi connectivity index (χ1) is 20.7. The SMILES string of the molecule is CCOC(=O)C1=C(C)N=c2s/c(=C\c3ccc(-c4ccc([N+](=O)[O-])cc4)o3)c(=O)n2[C@H]1c1ccc(-c2ccc(Br)cc2)o1. The highest BCUT2D eigenvalue weighted by Gasteiger charge is 2.35. The molecule has 0 spiro atoms. The number of nitro benzene ring substituents is 1. The molecule has 0 saturated heterocycles. The van der Waals surface area contributed by atoms with Crippen molar-refractivity contribution < 1.29 is 23.3 Å². The third-order valence-corrected chi connectivity index (χ3v) is 8.32. The normalized spacial score (nSPS) is 14.9. The third kappa shape index (κ3) is 5.42. The molecule has 12 heteroatoms. The van der Waals surface area contributed by atoms with E-state index in [1.807, 2.05) is 24.3 Å². The molecule has 5 aromatic rings. The van der Waals surface area contributed by atoms with Gasteiger partial charge in [-0.3, -0.25) is 19.5 Å². The van der Waals surface area contributed by atoms with Gasteiger partial charge in [0.1, 0.15) is 29.1 Å². The van der Waals surface area contributed by atoms with Crippen LogP contribution in [0.25, 0.3) is 28.7 Å². The summed E-state index contributed by atoms with van der Waals surface area (Å²) in [6.45, 7) is 3.58. The number of nitro groups is 1. The number of carbonyl (C=O) groups is 1. The van der Waals surface area contributed by atoms with E-state index in [2.05, 4.69) is 20.9 Å². The molecule has 43 heavy (non-hydrogen) atoms. The fourth-order valence-electron chi connectivity index (χ4n) is 4.79. The standard InChI is InChI=1S/C31H22BrN3O7S/c1-3-40-30(37)27-17(2)33-31-34(28(27)25-15-14-24(42-25)18-4-8-20(32)9-5-18)29(36)26(43-31)16-22-12-13-23(41-22)19-6-10-21(11-7-19)35(38)39/h4-16,28H,3H2,1-2H3/b26-16-/t28-/m0/s1. The average Bonchev–Trinajstić information content (AvgIpc) is 3.73. The lowest BCUT2D eigenvalue weighted by Crippen LogP contribution is -2.39. The number of halogens is 1. The molecule has 216 valence electrons. The van der Waals surface area contributed by atoms with Gasteiger partial charge in [0.25, 0.3) is 11.2 Å². The van der Waals surface area contributed by atoms with Crippen molar-refractivity contribution in [3.8, 4) is 22.6 Å². The van der Waals surface area contributed by atoms with Crippen molar-refractivity contribution in [3.63, 3.8) is 0 Å². The van der Waals surface area contributed by atoms with Gasteiger partial charge in [0, 0.05) is 33.8 Å². The highest BCUT2D eigenvalue weighted by Crippen LogP contribution is 2.34. The molecule has 3 aromatic heterocycles. The van der Waals surface area contributed by atoms with Crippen molar-refractivity contribution in [1.29, 1.82) is 0 Å². The molecular formula is C31H22BrN3O7S. The number of rotatable bonds is 7. The highest BCUT2D eigenvalue weighted by atomic mass is 79.9. The minimum Gasteiger partial charge on any atom is -0.463 e. The zero-order valence-electron chi connectivity index (χ0n) is 22.8. The second-order valence-electron chi connectivity index (χ2n) is 9.52. The van der Waals surface area contributed by atoms with Crippen molar-refractivity contribution in [2.45, 2.75) is 19.9 Å². The van der Waals surface area contributed by atoms with Crippen molar-refractivity contribution >= 4 is 45.0 Å². The second-order valence-corrected chi connectivity index (χ2v) is 11.4. The summed E-state index contributed by atoms with van der Waals surface area (Å²) in [5.41, 5.74) is 1.73. The van der Waals surface area contributed by atoms with E-state index < -0.39 is 16.9 Å². The Morgan fingerprint density at radius 1 is 1.05 bits per heavy atom. The molecule has 1 atom stereocenters. The molecule has 10 nitrogen and oxygen atoms in total. The maximum atomic E-state index is 13.9. The smallest absolute Gasteiger partial charge is 0.338 e. The highest BCUT2D eigenvalue weighted by molar-refractivity contribution is 9.10. The lowest BCUT2D eigenvalue weighted by atomic mass is 10.0. The Kier molecular flexibility index (Phi) is 7.55. The Labute approximate surface area is 256 Å². The molecule has 0 aliphatic carbocycles. The molecule has 0 amide bonds. The quantitative estimate of drug-likeness (QED) is 0.119.